The normalized spacial score (nSPS) is 12.0. The maximum absolute atomic E-state index is 4.71. The summed E-state index contributed by atoms with van der Waals surface area (Å²) in [4.78, 5) is 28.2. The molecule has 3 heterocycles. The molecule has 0 aliphatic carbocycles. The number of nitrogens with zero attached hydrogens (tertiary/aromatic N) is 6. The molecule has 9 rings (SSSR count). The van der Waals surface area contributed by atoms with Gasteiger partial charge in [0.05, 0.1) is 8.07 Å². The number of benzene rings is 6. The van der Waals surface area contributed by atoms with Crippen LogP contribution in [-0.2, 0) is 38.5 Å². The minimum Gasteiger partial charge on any atom is -0.236 e. The molecule has 0 unspecified atom stereocenters. The van der Waals surface area contributed by atoms with Gasteiger partial charge in [0.15, 0.2) is 17.5 Å². The van der Waals surface area contributed by atoms with Gasteiger partial charge in [0.1, 0.15) is 0 Å². The summed E-state index contributed by atoms with van der Waals surface area (Å²) in [6.45, 7) is 33.7. The summed E-state index contributed by atoms with van der Waals surface area (Å²) in [6.07, 6.45) is 67.8. The Bertz CT molecular complexity index is 4300. The molecule has 11 heteroatoms. The van der Waals surface area contributed by atoms with Crippen LogP contribution in [0.5, 0.6) is 0 Å². The summed E-state index contributed by atoms with van der Waals surface area (Å²) >= 11 is -2.82. The van der Waals surface area contributed by atoms with Gasteiger partial charge in [-0.15, -0.1) is 12.3 Å². The first-order valence-electron chi connectivity index (χ1n) is 52.6. The number of hydrogen-bond donors (Lipinski definition) is 0. The third-order valence-corrected chi connectivity index (χ3v) is 55.6. The Labute approximate surface area is 794 Å². The van der Waals surface area contributed by atoms with Gasteiger partial charge in [0.25, 0.3) is 0 Å². The molecule has 3 aromatic heterocycles. The van der Waals surface area contributed by atoms with E-state index in [0.29, 0.717) is 0 Å². The number of aryl methyl sites for hydroxylation is 6. The van der Waals surface area contributed by atoms with Crippen LogP contribution in [0.25, 0.3) is 67.5 Å². The first-order chi connectivity index (χ1) is 62.0. The zero-order valence-corrected chi connectivity index (χ0v) is 91.8. The molecular formula is C117H182Ge2N6Si3. The Hall–Kier alpha value is -5.96. The fourth-order valence-corrected chi connectivity index (χ4v) is 47.0. The number of rotatable bonds is 64. The van der Waals surface area contributed by atoms with Crippen molar-refractivity contribution < 1.29 is 0 Å². The average Bonchev–Trinajstić information content (AvgIpc) is 0.842. The molecule has 0 saturated carbocycles. The maximum atomic E-state index is 4.71. The summed E-state index contributed by atoms with van der Waals surface area (Å²) in [5.41, 5.74) is 21.1. The van der Waals surface area contributed by atoms with E-state index >= 15 is 0 Å². The Balaban J connectivity index is 0.000000264. The summed E-state index contributed by atoms with van der Waals surface area (Å²) in [6, 6.07) is 61.0. The average molecular weight is 1900 g/mol. The molecule has 700 valence electrons. The molecule has 0 amide bonds. The van der Waals surface area contributed by atoms with Crippen LogP contribution in [0, 0.1) is 0 Å². The van der Waals surface area contributed by atoms with Crippen molar-refractivity contribution in [1.29, 1.82) is 0 Å². The van der Waals surface area contributed by atoms with Crippen molar-refractivity contribution >= 4 is 50.8 Å². The van der Waals surface area contributed by atoms with Gasteiger partial charge in [-0.1, -0.05) is 288 Å². The quantitative estimate of drug-likeness (QED) is 0.0279. The third-order valence-electron chi connectivity index (χ3n) is 28.2. The first-order valence-corrected chi connectivity index (χ1v) is 76.5. The number of aromatic nitrogens is 6. The van der Waals surface area contributed by atoms with Gasteiger partial charge in [0.2, 0.25) is 0 Å². The summed E-state index contributed by atoms with van der Waals surface area (Å²) in [7, 11) is -3.02. The molecule has 6 aromatic carbocycles. The fraction of sp³-hybridized carbons (Fsp3) is 0.573. The van der Waals surface area contributed by atoms with Crippen LogP contribution >= 0.6 is 0 Å². The minimum absolute atomic E-state index is 0.812. The minimum atomic E-state index is -1.47. The zero-order valence-electron chi connectivity index (χ0n) is 84.6. The Morgan fingerprint density at radius 2 is 0.438 bits per heavy atom. The maximum Gasteiger partial charge on any atom is 0.0341 e. The molecule has 0 bridgehead atoms. The molecule has 0 aliphatic rings. The first kappa shape index (κ1) is 109. The largest absolute Gasteiger partial charge is 0.236 e. The smallest absolute Gasteiger partial charge is 0.0341 e. The molecule has 0 fully saturated rings. The van der Waals surface area contributed by atoms with Gasteiger partial charge in [0, 0.05) is 53.9 Å². The van der Waals surface area contributed by atoms with Crippen LogP contribution in [0.3, 0.4) is 0 Å². The summed E-state index contributed by atoms with van der Waals surface area (Å²) < 4.78 is 0. The van der Waals surface area contributed by atoms with Gasteiger partial charge in [-0.2, -0.15) is 0 Å². The van der Waals surface area contributed by atoms with Crippen LogP contribution < -0.4 is 0 Å². The molecule has 0 saturated heterocycles. The van der Waals surface area contributed by atoms with Crippen molar-refractivity contribution in [2.24, 2.45) is 0 Å². The predicted octanol–water partition coefficient (Wildman–Crippen LogP) is 37.5. The van der Waals surface area contributed by atoms with Gasteiger partial charge in [-0.25, -0.2) is 29.9 Å². The standard InChI is InChI=1S/C42H68GeN2Si.C39H62GeN2Si.C36H52N2Si/c1-7-11-12-19-22-37-24-26-39(27-25-37)40-28-30-41(31-29-40)42-44-35-38(36-45-42)23-20-17-15-13-14-16-18-21-33-46(5,6)34-32-43(8-2,9-3)10-4;1-7-8-9-16-19-34-21-23-36(24-22-34)37-25-27-38(28-26-37)39-41-32-35(33-42-39)20-17-14-12-10-11-13-15-18-30-43(5,6)31-29-40(2,3)4;1-5-7-8-15-18-31-20-22-33(23-21-31)34-24-26-35(27-25-34)36-37-29-32(30-38-36)19-16-13-11-9-10-12-14-17-28-39(3,4)6-2/h24-31,35-36H,7-23,32-34H2,1-6H3;21-28,32-33H,7-20,29-31H2,1-6H3;6,20-27,29-30H,2,5,7-19,28H2,1,3-4H3. The molecule has 128 heavy (non-hydrogen) atoms. The Morgan fingerprint density at radius 3 is 0.672 bits per heavy atom. The van der Waals surface area contributed by atoms with Crippen molar-refractivity contribution in [3.63, 3.8) is 0 Å². The Morgan fingerprint density at radius 1 is 0.234 bits per heavy atom. The van der Waals surface area contributed by atoms with Gasteiger partial charge in [-0.3, -0.25) is 0 Å². The predicted molar refractivity (Wildman–Crippen MR) is 581 cm³/mol. The van der Waals surface area contributed by atoms with Crippen molar-refractivity contribution in [3.8, 4) is 67.5 Å². The van der Waals surface area contributed by atoms with Crippen molar-refractivity contribution in [2.75, 3.05) is 0 Å². The van der Waals surface area contributed by atoms with E-state index in [0.717, 1.165) is 53.4 Å². The molecule has 0 radical (unpaired) electrons. The number of unbranched alkanes of at least 4 members (excludes halogenated alkanes) is 30. The second kappa shape index (κ2) is 62.5. The van der Waals surface area contributed by atoms with Crippen molar-refractivity contribution in [3.05, 3.63) is 228 Å². The summed E-state index contributed by atoms with van der Waals surface area (Å²) in [5.74, 6) is 10.2. The van der Waals surface area contributed by atoms with Crippen molar-refractivity contribution in [2.45, 2.75) is 424 Å². The van der Waals surface area contributed by atoms with E-state index in [9.17, 15) is 0 Å². The van der Waals surface area contributed by atoms with Gasteiger partial charge >= 0.3 is 260 Å². The van der Waals surface area contributed by atoms with E-state index in [1.165, 1.54) is 323 Å². The third kappa shape index (κ3) is 45.2. The molecule has 0 atom stereocenters. The second-order valence-electron chi connectivity index (χ2n) is 42.1. The topological polar surface area (TPSA) is 77.3 Å². The van der Waals surface area contributed by atoms with E-state index in [-0.39, 0.29) is 0 Å². The van der Waals surface area contributed by atoms with Crippen LogP contribution in [0.4, 0.5) is 0 Å². The fourth-order valence-electron chi connectivity index (χ4n) is 18.1. The van der Waals surface area contributed by atoms with E-state index in [2.05, 4.69) is 266 Å². The molecular weight excluding hydrogens is 1720 g/mol. The second-order valence-corrected chi connectivity index (χ2v) is 81.3. The van der Waals surface area contributed by atoms with Crippen molar-refractivity contribution in [1.82, 2.24) is 29.9 Å². The van der Waals surface area contributed by atoms with Gasteiger partial charge in [-0.05, 0) is 131 Å². The SMILES string of the molecule is C=C[Si](C)(C)CCCCCCCCCCc1cnc(-c2ccc(-c3ccc(CCCCCC)cc3)cc2)nc1.CCCCCCc1ccc(-c2ccc(-c3ncc(CCCCCCCCCC[Si](C)(C)C[CH2][Ge]([CH2]C)([CH2]C)[CH2]C)cn3)cc2)cc1.CCCCCCc1ccc(-c2ccc(-c3ncc(CCCCCCCCCC[Si](C)(C)C[CH2][Ge]([CH3])([CH3])[CH3])cn3)cc2)cc1. The van der Waals surface area contributed by atoms with Crippen LogP contribution in [0.1, 0.15) is 306 Å². The molecule has 0 aliphatic heterocycles. The molecule has 0 N–H and O–H groups in total. The zero-order chi connectivity index (χ0) is 91.8. The van der Waals surface area contributed by atoms with E-state index < -0.39 is 50.8 Å². The summed E-state index contributed by atoms with van der Waals surface area (Å²) in [5, 5.41) is 7.87. The van der Waals surface area contributed by atoms with E-state index in [1.54, 1.807) is 50.4 Å². The molecule has 0 spiro atoms. The van der Waals surface area contributed by atoms with Crippen LogP contribution in [0.15, 0.2) is 195 Å². The number of hydrogen-bond acceptors (Lipinski definition) is 6. The molecule has 9 aromatic rings. The van der Waals surface area contributed by atoms with Crippen LogP contribution in [-0.4, -0.2) is 80.7 Å². The Kier molecular flexibility index (Phi) is 53.3. The van der Waals surface area contributed by atoms with Crippen LogP contribution in [0.2, 0.25) is 113 Å². The van der Waals surface area contributed by atoms with E-state index in [4.69, 9.17) is 19.9 Å². The van der Waals surface area contributed by atoms with E-state index in [1.807, 2.05) is 37.2 Å². The van der Waals surface area contributed by atoms with Gasteiger partial charge < -0.3 is 0 Å². The monoisotopic (exact) mass is 1900 g/mol. The molecule has 6 nitrogen and oxygen atoms in total.